The smallest absolute Gasteiger partial charge is 0.410 e. The van der Waals surface area contributed by atoms with Crippen LogP contribution in [0.15, 0.2) is 40.6 Å². The third-order valence-electron chi connectivity index (χ3n) is 5.71. The van der Waals surface area contributed by atoms with Crippen molar-refractivity contribution in [2.24, 2.45) is 0 Å². The van der Waals surface area contributed by atoms with Crippen LogP contribution < -0.4 is 0 Å². The van der Waals surface area contributed by atoms with Gasteiger partial charge in [0.1, 0.15) is 23.4 Å². The number of rotatable bonds is 4. The first-order chi connectivity index (χ1) is 16.7. The Labute approximate surface area is 208 Å². The Kier molecular flexibility index (Phi) is 6.54. The minimum Gasteiger partial charge on any atom is -0.444 e. The van der Waals surface area contributed by atoms with Crippen molar-refractivity contribution in [3.05, 3.63) is 36.5 Å². The van der Waals surface area contributed by atoms with Crippen molar-refractivity contribution >= 4 is 36.8 Å². The summed E-state index contributed by atoms with van der Waals surface area (Å²) in [5.74, 6) is -0.861. The van der Waals surface area contributed by atoms with Crippen LogP contribution in [0, 0.1) is 5.82 Å². The Bertz CT molecular complexity index is 1540. The summed E-state index contributed by atoms with van der Waals surface area (Å²) in [7, 11) is -7.55. The largest absolute Gasteiger partial charge is 0.444 e. The first-order valence-corrected chi connectivity index (χ1v) is 14.5. The van der Waals surface area contributed by atoms with E-state index in [1.54, 1.807) is 20.8 Å². The van der Waals surface area contributed by atoms with Gasteiger partial charge in [0.25, 0.3) is 0 Å². The molecular weight excluding hydrogens is 513 g/mol. The van der Waals surface area contributed by atoms with Crippen LogP contribution in [0.2, 0.25) is 0 Å². The molecule has 0 radical (unpaired) electrons. The Morgan fingerprint density at radius 2 is 1.78 bits per heavy atom. The molecule has 194 valence electrons. The highest BCUT2D eigenvalue weighted by Crippen LogP contribution is 2.30. The van der Waals surface area contributed by atoms with Gasteiger partial charge in [0.15, 0.2) is 30.3 Å². The van der Waals surface area contributed by atoms with Gasteiger partial charge >= 0.3 is 6.09 Å². The van der Waals surface area contributed by atoms with Gasteiger partial charge in [-0.25, -0.2) is 40.7 Å². The van der Waals surface area contributed by atoms with Gasteiger partial charge in [-0.2, -0.15) is 5.10 Å². The number of ether oxygens (including phenoxy) is 1. The molecular formula is C22H26FN5O6S2. The van der Waals surface area contributed by atoms with Crippen LogP contribution in [-0.2, 0) is 24.4 Å². The van der Waals surface area contributed by atoms with Crippen LogP contribution in [0.3, 0.4) is 0 Å². The van der Waals surface area contributed by atoms with Gasteiger partial charge in [-0.15, -0.1) is 0 Å². The summed E-state index contributed by atoms with van der Waals surface area (Å²) in [5.41, 5.74) is -0.692. The van der Waals surface area contributed by atoms with Crippen LogP contribution in [0.25, 0.3) is 16.7 Å². The lowest BCUT2D eigenvalue weighted by atomic mass is 10.1. The predicted octanol–water partition coefficient (Wildman–Crippen LogP) is 2.53. The van der Waals surface area contributed by atoms with E-state index in [2.05, 4.69) is 15.1 Å². The Hall–Kier alpha value is -3.13. The molecule has 36 heavy (non-hydrogen) atoms. The van der Waals surface area contributed by atoms with Crippen LogP contribution >= 0.6 is 0 Å². The molecule has 0 bridgehead atoms. The molecule has 0 N–H and O–H groups in total. The molecule has 0 aliphatic carbocycles. The highest BCUT2D eigenvalue weighted by molar-refractivity contribution is 7.92. The lowest BCUT2D eigenvalue weighted by Crippen LogP contribution is -2.44. The molecule has 3 aromatic rings. The van der Waals surface area contributed by atoms with E-state index >= 15 is 0 Å². The molecule has 3 heterocycles. The average Bonchev–Trinajstić information content (AvgIpc) is 3.21. The average molecular weight is 540 g/mol. The molecule has 11 nitrogen and oxygen atoms in total. The van der Waals surface area contributed by atoms with E-state index in [-0.39, 0.29) is 52.6 Å². The molecule has 0 saturated carbocycles. The lowest BCUT2D eigenvalue weighted by Gasteiger charge is -2.33. The number of sulfone groups is 2. The fraction of sp³-hybridized carbons (Fsp3) is 0.455. The highest BCUT2D eigenvalue weighted by Gasteiger charge is 2.36. The fourth-order valence-corrected chi connectivity index (χ4v) is 6.37. The minimum atomic E-state index is -3.93. The second-order valence-electron chi connectivity index (χ2n) is 9.57. The zero-order valence-corrected chi connectivity index (χ0v) is 21.8. The second-order valence-corrected chi connectivity index (χ2v) is 13.7. The quantitative estimate of drug-likeness (QED) is 0.457. The number of hydrogen-bond donors (Lipinski definition) is 0. The van der Waals surface area contributed by atoms with E-state index in [9.17, 15) is 26.0 Å². The number of halogens is 1. The van der Waals surface area contributed by atoms with E-state index in [0.29, 0.717) is 0 Å². The van der Waals surface area contributed by atoms with E-state index < -0.39 is 42.4 Å². The number of carbonyl (C=O) groups excluding carboxylic acids is 1. The maximum Gasteiger partial charge on any atom is 0.410 e. The number of carbonyl (C=O) groups is 1. The van der Waals surface area contributed by atoms with Crippen molar-refractivity contribution in [2.45, 2.75) is 54.4 Å². The SMILES string of the molecule is CC(C)(C)OC(=O)N1CCC(S(=O)(=O)c2ncnc3c2cnn3-c2ccc(S(C)(=O)=O)cc2F)CC1. The second kappa shape index (κ2) is 9.07. The number of amides is 1. The number of hydrogen-bond acceptors (Lipinski definition) is 9. The molecule has 1 aliphatic heterocycles. The third kappa shape index (κ3) is 5.05. The molecule has 0 unspecified atom stereocenters. The summed E-state index contributed by atoms with van der Waals surface area (Å²) in [6, 6.07) is 3.34. The van der Waals surface area contributed by atoms with E-state index in [1.165, 1.54) is 23.2 Å². The maximum absolute atomic E-state index is 14.8. The van der Waals surface area contributed by atoms with Gasteiger partial charge in [0, 0.05) is 19.3 Å². The molecule has 0 spiro atoms. The first kappa shape index (κ1) is 25.9. The summed E-state index contributed by atoms with van der Waals surface area (Å²) in [6.45, 7) is 5.70. The molecule has 14 heteroatoms. The van der Waals surface area contributed by atoms with Gasteiger partial charge in [0.2, 0.25) is 0 Å². The van der Waals surface area contributed by atoms with Crippen molar-refractivity contribution < 1.29 is 30.8 Å². The predicted molar refractivity (Wildman–Crippen MR) is 128 cm³/mol. The van der Waals surface area contributed by atoms with Gasteiger partial charge in [0.05, 0.1) is 21.7 Å². The summed E-state index contributed by atoms with van der Waals surface area (Å²) >= 11 is 0. The van der Waals surface area contributed by atoms with Crippen molar-refractivity contribution in [2.75, 3.05) is 19.3 Å². The van der Waals surface area contributed by atoms with Crippen molar-refractivity contribution in [3.8, 4) is 5.69 Å². The van der Waals surface area contributed by atoms with E-state index in [4.69, 9.17) is 4.74 Å². The number of likely N-dealkylation sites (tertiary alicyclic amines) is 1. The number of fused-ring (bicyclic) bond motifs is 1. The molecule has 1 saturated heterocycles. The molecule has 4 rings (SSSR count). The summed E-state index contributed by atoms with van der Waals surface area (Å²) in [6.07, 6.45) is 3.17. The number of piperidine rings is 1. The summed E-state index contributed by atoms with van der Waals surface area (Å²) < 4.78 is 71.6. The van der Waals surface area contributed by atoms with Crippen molar-refractivity contribution in [1.29, 1.82) is 0 Å². The summed E-state index contributed by atoms with van der Waals surface area (Å²) in [5, 5.41) is 3.19. The van der Waals surface area contributed by atoms with Crippen LogP contribution in [0.5, 0.6) is 0 Å². The Balaban J connectivity index is 1.62. The van der Waals surface area contributed by atoms with Crippen molar-refractivity contribution in [1.82, 2.24) is 24.6 Å². The molecule has 1 aromatic carbocycles. The van der Waals surface area contributed by atoms with Gasteiger partial charge in [-0.3, -0.25) is 0 Å². The monoisotopic (exact) mass is 539 g/mol. The molecule has 2 aromatic heterocycles. The van der Waals surface area contributed by atoms with Crippen LogP contribution in [0.1, 0.15) is 33.6 Å². The third-order valence-corrected chi connectivity index (χ3v) is 9.03. The standard InChI is InChI=1S/C22H26FN5O6S2/c1-22(2,3)34-21(29)27-9-7-14(8-10-27)36(32,33)20-16-12-26-28(19(16)24-13-25-20)18-6-5-15(11-17(18)23)35(4,30)31/h5-6,11-14H,7-10H2,1-4H3. The Morgan fingerprint density at radius 3 is 2.36 bits per heavy atom. The van der Waals surface area contributed by atoms with Crippen LogP contribution in [-0.4, -0.2) is 77.8 Å². The fourth-order valence-electron chi connectivity index (χ4n) is 3.95. The van der Waals surface area contributed by atoms with E-state index in [1.807, 2.05) is 0 Å². The minimum absolute atomic E-state index is 0.0563. The van der Waals surface area contributed by atoms with E-state index in [0.717, 1.165) is 23.3 Å². The van der Waals surface area contributed by atoms with Gasteiger partial charge in [-0.1, -0.05) is 0 Å². The van der Waals surface area contributed by atoms with Gasteiger partial charge in [-0.05, 0) is 51.8 Å². The van der Waals surface area contributed by atoms with Crippen molar-refractivity contribution in [3.63, 3.8) is 0 Å². The van der Waals surface area contributed by atoms with Gasteiger partial charge < -0.3 is 9.64 Å². The summed E-state index contributed by atoms with van der Waals surface area (Å²) in [4.78, 5) is 21.7. The topological polar surface area (TPSA) is 141 Å². The zero-order valence-electron chi connectivity index (χ0n) is 20.2. The normalized spacial score (nSPS) is 15.9. The number of nitrogens with zero attached hydrogens (tertiary/aromatic N) is 5. The highest BCUT2D eigenvalue weighted by atomic mass is 32.2. The Morgan fingerprint density at radius 1 is 1.11 bits per heavy atom. The number of aromatic nitrogens is 4. The first-order valence-electron chi connectivity index (χ1n) is 11.1. The van der Waals surface area contributed by atoms with Crippen LogP contribution in [0.4, 0.5) is 9.18 Å². The molecule has 1 fully saturated rings. The zero-order chi connectivity index (χ0) is 26.5. The molecule has 1 aliphatic rings. The molecule has 1 amide bonds. The lowest BCUT2D eigenvalue weighted by molar-refractivity contribution is 0.0217. The number of benzene rings is 1. The maximum atomic E-state index is 14.8. The molecule has 0 atom stereocenters.